The highest BCUT2D eigenvalue weighted by atomic mass is 79.9. The molecule has 1 amide bonds. The zero-order valence-electron chi connectivity index (χ0n) is 14.5. The molecule has 0 fully saturated rings. The molecule has 0 radical (unpaired) electrons. The Morgan fingerprint density at radius 2 is 1.85 bits per heavy atom. The number of nitrogens with one attached hydrogen (secondary N) is 1. The van der Waals surface area contributed by atoms with Gasteiger partial charge in [-0.25, -0.2) is 0 Å². The van der Waals surface area contributed by atoms with Crippen molar-refractivity contribution in [3.8, 4) is 11.4 Å². The highest BCUT2D eigenvalue weighted by molar-refractivity contribution is 9.10. The lowest BCUT2D eigenvalue weighted by Crippen LogP contribution is -2.25. The number of benzene rings is 2. The summed E-state index contributed by atoms with van der Waals surface area (Å²) in [6.45, 7) is 1.99. The molecular formula is C19H19BrN4OS. The van der Waals surface area contributed by atoms with Crippen molar-refractivity contribution in [2.45, 2.75) is 23.8 Å². The zero-order valence-corrected chi connectivity index (χ0v) is 16.9. The third-order valence-corrected chi connectivity index (χ3v) is 5.82. The minimum Gasteiger partial charge on any atom is -0.325 e. The highest BCUT2D eigenvalue weighted by Gasteiger charge is 2.22. The first kappa shape index (κ1) is 18.7. The molecule has 1 heterocycles. The third kappa shape index (κ3) is 4.34. The molecule has 0 aliphatic carbocycles. The van der Waals surface area contributed by atoms with Gasteiger partial charge in [-0.3, -0.25) is 4.79 Å². The number of hydrogen-bond donors (Lipinski definition) is 1. The van der Waals surface area contributed by atoms with Crippen LogP contribution in [0.25, 0.3) is 11.4 Å². The molecule has 1 aromatic heterocycles. The van der Waals surface area contributed by atoms with Gasteiger partial charge in [0.15, 0.2) is 11.0 Å². The highest BCUT2D eigenvalue weighted by Crippen LogP contribution is 2.28. The molecule has 0 aliphatic rings. The molecule has 1 atom stereocenters. The van der Waals surface area contributed by atoms with Crippen LogP contribution in [0.1, 0.15) is 13.3 Å². The summed E-state index contributed by atoms with van der Waals surface area (Å²) in [6.07, 6.45) is 0.695. The van der Waals surface area contributed by atoms with Crippen molar-refractivity contribution < 1.29 is 4.79 Å². The van der Waals surface area contributed by atoms with Gasteiger partial charge in [0, 0.05) is 22.8 Å². The van der Waals surface area contributed by atoms with E-state index in [1.807, 2.05) is 73.1 Å². The second-order valence-electron chi connectivity index (χ2n) is 5.74. The molecular weight excluding hydrogens is 412 g/mol. The lowest BCUT2D eigenvalue weighted by Gasteiger charge is -2.14. The SMILES string of the molecule is CC[C@@H](Sc1nnc(-c2ccccc2)n1C)C(=O)Nc1ccc(Br)cc1. The van der Waals surface area contributed by atoms with Gasteiger partial charge in [-0.05, 0) is 30.7 Å². The third-order valence-electron chi connectivity index (χ3n) is 3.89. The van der Waals surface area contributed by atoms with Crippen LogP contribution >= 0.6 is 27.7 Å². The van der Waals surface area contributed by atoms with E-state index in [1.165, 1.54) is 11.8 Å². The Morgan fingerprint density at radius 1 is 1.15 bits per heavy atom. The number of halogens is 1. The van der Waals surface area contributed by atoms with Crippen LogP contribution in [0, 0.1) is 0 Å². The number of thioether (sulfide) groups is 1. The van der Waals surface area contributed by atoms with E-state index in [2.05, 4.69) is 31.4 Å². The predicted molar refractivity (Wildman–Crippen MR) is 109 cm³/mol. The summed E-state index contributed by atoms with van der Waals surface area (Å²) in [5.41, 5.74) is 1.78. The number of hydrogen-bond acceptors (Lipinski definition) is 4. The van der Waals surface area contributed by atoms with E-state index >= 15 is 0 Å². The van der Waals surface area contributed by atoms with Gasteiger partial charge < -0.3 is 9.88 Å². The summed E-state index contributed by atoms with van der Waals surface area (Å²) >= 11 is 4.82. The molecule has 3 aromatic rings. The van der Waals surface area contributed by atoms with Crippen LogP contribution in [0.3, 0.4) is 0 Å². The summed E-state index contributed by atoms with van der Waals surface area (Å²) in [7, 11) is 1.92. The Kier molecular flexibility index (Phi) is 6.11. The lowest BCUT2D eigenvalue weighted by molar-refractivity contribution is -0.115. The first-order chi connectivity index (χ1) is 12.6. The quantitative estimate of drug-likeness (QED) is 0.572. The Hall–Kier alpha value is -2.12. The van der Waals surface area contributed by atoms with E-state index in [4.69, 9.17) is 0 Å². The first-order valence-corrected chi connectivity index (χ1v) is 9.93. The first-order valence-electron chi connectivity index (χ1n) is 8.26. The molecule has 26 heavy (non-hydrogen) atoms. The topological polar surface area (TPSA) is 59.8 Å². The number of carbonyl (C=O) groups excluding carboxylic acids is 1. The largest absolute Gasteiger partial charge is 0.325 e. The van der Waals surface area contributed by atoms with Gasteiger partial charge in [0.25, 0.3) is 0 Å². The fourth-order valence-corrected chi connectivity index (χ4v) is 3.65. The standard InChI is InChI=1S/C19H19BrN4OS/c1-3-16(18(25)21-15-11-9-14(20)10-12-15)26-19-23-22-17(24(19)2)13-7-5-4-6-8-13/h4-12,16H,3H2,1-2H3,(H,21,25)/t16-/m1/s1. The molecule has 3 rings (SSSR count). The predicted octanol–water partition coefficient (Wildman–Crippen LogP) is 4.75. The van der Waals surface area contributed by atoms with E-state index in [1.54, 1.807) is 0 Å². The number of rotatable bonds is 6. The van der Waals surface area contributed by atoms with Crippen LogP contribution in [0.2, 0.25) is 0 Å². The molecule has 0 saturated carbocycles. The second-order valence-corrected chi connectivity index (χ2v) is 7.83. The van der Waals surface area contributed by atoms with Gasteiger partial charge in [0.2, 0.25) is 5.91 Å². The van der Waals surface area contributed by atoms with Crippen molar-refractivity contribution in [2.75, 3.05) is 5.32 Å². The molecule has 0 spiro atoms. The Balaban J connectivity index is 1.73. The number of anilines is 1. The van der Waals surface area contributed by atoms with Crippen LogP contribution < -0.4 is 5.32 Å². The van der Waals surface area contributed by atoms with Gasteiger partial charge >= 0.3 is 0 Å². The van der Waals surface area contributed by atoms with E-state index < -0.39 is 0 Å². The number of amides is 1. The Labute approximate surface area is 165 Å². The fraction of sp³-hybridized carbons (Fsp3) is 0.211. The van der Waals surface area contributed by atoms with Crippen molar-refractivity contribution in [3.05, 3.63) is 59.1 Å². The van der Waals surface area contributed by atoms with Crippen molar-refractivity contribution in [3.63, 3.8) is 0 Å². The molecule has 5 nitrogen and oxygen atoms in total. The van der Waals surface area contributed by atoms with Crippen LogP contribution in [0.15, 0.2) is 64.2 Å². The summed E-state index contributed by atoms with van der Waals surface area (Å²) in [5.74, 6) is 0.750. The summed E-state index contributed by atoms with van der Waals surface area (Å²) in [4.78, 5) is 12.6. The maximum atomic E-state index is 12.6. The maximum Gasteiger partial charge on any atom is 0.237 e. The summed E-state index contributed by atoms with van der Waals surface area (Å²) in [5, 5.41) is 12.0. The number of nitrogens with zero attached hydrogens (tertiary/aromatic N) is 3. The van der Waals surface area contributed by atoms with Crippen LogP contribution in [0.5, 0.6) is 0 Å². The average Bonchev–Trinajstić information content (AvgIpc) is 3.02. The molecule has 0 unspecified atom stereocenters. The number of aromatic nitrogens is 3. The van der Waals surface area contributed by atoms with Crippen molar-refractivity contribution in [1.82, 2.24) is 14.8 Å². The molecule has 134 valence electrons. The van der Waals surface area contributed by atoms with Crippen LogP contribution in [-0.4, -0.2) is 25.9 Å². The average molecular weight is 431 g/mol. The van der Waals surface area contributed by atoms with Gasteiger partial charge in [-0.15, -0.1) is 10.2 Å². The van der Waals surface area contributed by atoms with Gasteiger partial charge in [0.1, 0.15) is 0 Å². The van der Waals surface area contributed by atoms with Crippen molar-refractivity contribution >= 4 is 39.3 Å². The maximum absolute atomic E-state index is 12.6. The van der Waals surface area contributed by atoms with E-state index in [-0.39, 0.29) is 11.2 Å². The molecule has 0 bridgehead atoms. The molecule has 0 aliphatic heterocycles. The zero-order chi connectivity index (χ0) is 18.5. The van der Waals surface area contributed by atoms with Crippen LogP contribution in [-0.2, 0) is 11.8 Å². The van der Waals surface area contributed by atoms with Crippen LogP contribution in [0.4, 0.5) is 5.69 Å². The van der Waals surface area contributed by atoms with E-state index in [0.29, 0.717) is 6.42 Å². The van der Waals surface area contributed by atoms with Gasteiger partial charge in [0.05, 0.1) is 5.25 Å². The fourth-order valence-electron chi connectivity index (χ4n) is 2.46. The minimum absolute atomic E-state index is 0.0379. The second kappa shape index (κ2) is 8.51. The smallest absolute Gasteiger partial charge is 0.237 e. The van der Waals surface area contributed by atoms with Crippen molar-refractivity contribution in [1.29, 1.82) is 0 Å². The monoisotopic (exact) mass is 430 g/mol. The molecule has 2 aromatic carbocycles. The van der Waals surface area contributed by atoms with Gasteiger partial charge in [-0.1, -0.05) is 64.9 Å². The Morgan fingerprint density at radius 3 is 2.50 bits per heavy atom. The summed E-state index contributed by atoms with van der Waals surface area (Å²) in [6, 6.07) is 17.4. The molecule has 0 saturated heterocycles. The molecule has 1 N–H and O–H groups in total. The summed E-state index contributed by atoms with van der Waals surface area (Å²) < 4.78 is 2.90. The van der Waals surface area contributed by atoms with E-state index in [0.717, 1.165) is 26.7 Å². The van der Waals surface area contributed by atoms with Gasteiger partial charge in [-0.2, -0.15) is 0 Å². The number of carbonyl (C=O) groups is 1. The van der Waals surface area contributed by atoms with Crippen molar-refractivity contribution in [2.24, 2.45) is 7.05 Å². The van der Waals surface area contributed by atoms with E-state index in [9.17, 15) is 4.79 Å². The minimum atomic E-state index is -0.245. The molecule has 7 heteroatoms. The normalized spacial score (nSPS) is 12.0. The Bertz CT molecular complexity index is 880. The lowest BCUT2D eigenvalue weighted by atomic mass is 10.2.